The molecule has 14 heavy (non-hydrogen) atoms. The van der Waals surface area contributed by atoms with Crippen LogP contribution in [-0.4, -0.2) is 18.1 Å². The lowest BCUT2D eigenvalue weighted by molar-refractivity contribution is 0.109. The smallest absolute Gasteiger partial charge is 0.0406 e. The highest BCUT2D eigenvalue weighted by molar-refractivity contribution is 6.30. The first-order chi connectivity index (χ1) is 6.84. The predicted octanol–water partition coefficient (Wildman–Crippen LogP) is 1.55. The maximum Gasteiger partial charge on any atom is 0.0406 e. The standard InChI is InChI=1S/C10H14ClN3/c11-10-4-2-9(3-5-10)8-14-7-1-6-12-13-14/h2-5,12-13H,1,6-8H2. The summed E-state index contributed by atoms with van der Waals surface area (Å²) in [6.45, 7) is 3.02. The summed E-state index contributed by atoms with van der Waals surface area (Å²) in [6, 6.07) is 7.96. The van der Waals surface area contributed by atoms with Crippen LogP contribution in [0.1, 0.15) is 12.0 Å². The number of hydrogen-bond donors (Lipinski definition) is 2. The largest absolute Gasteiger partial charge is 0.244 e. The second kappa shape index (κ2) is 4.75. The van der Waals surface area contributed by atoms with Crippen molar-refractivity contribution in [3.05, 3.63) is 34.9 Å². The summed E-state index contributed by atoms with van der Waals surface area (Å²) < 4.78 is 0. The average molecular weight is 212 g/mol. The Balaban J connectivity index is 1.92. The Morgan fingerprint density at radius 3 is 2.71 bits per heavy atom. The molecule has 2 N–H and O–H groups in total. The molecule has 2 rings (SSSR count). The average Bonchev–Trinajstić information content (AvgIpc) is 2.23. The number of nitrogens with zero attached hydrogens (tertiary/aromatic N) is 1. The SMILES string of the molecule is Clc1ccc(CN2CCCNN2)cc1. The number of benzene rings is 1. The molecule has 4 heteroatoms. The molecule has 0 aliphatic carbocycles. The molecule has 0 unspecified atom stereocenters. The lowest BCUT2D eigenvalue weighted by Gasteiger charge is -2.28. The van der Waals surface area contributed by atoms with E-state index < -0.39 is 0 Å². The highest BCUT2D eigenvalue weighted by atomic mass is 35.5. The van der Waals surface area contributed by atoms with Gasteiger partial charge in [-0.25, -0.2) is 10.4 Å². The van der Waals surface area contributed by atoms with Gasteiger partial charge in [-0.1, -0.05) is 23.7 Å². The van der Waals surface area contributed by atoms with Crippen molar-refractivity contribution in [3.8, 4) is 0 Å². The second-order valence-corrected chi connectivity index (χ2v) is 3.88. The van der Waals surface area contributed by atoms with E-state index in [1.165, 1.54) is 12.0 Å². The zero-order valence-corrected chi connectivity index (χ0v) is 8.72. The van der Waals surface area contributed by atoms with Crippen molar-refractivity contribution in [1.82, 2.24) is 16.0 Å². The van der Waals surface area contributed by atoms with Crippen molar-refractivity contribution in [2.45, 2.75) is 13.0 Å². The molecule has 0 aromatic heterocycles. The minimum Gasteiger partial charge on any atom is -0.244 e. The molecule has 1 fully saturated rings. The van der Waals surface area contributed by atoms with Crippen LogP contribution < -0.4 is 11.0 Å². The molecule has 1 heterocycles. The topological polar surface area (TPSA) is 27.3 Å². The van der Waals surface area contributed by atoms with Crippen molar-refractivity contribution in [3.63, 3.8) is 0 Å². The van der Waals surface area contributed by atoms with Crippen molar-refractivity contribution >= 4 is 11.6 Å². The zero-order valence-electron chi connectivity index (χ0n) is 7.96. The molecule has 0 atom stereocenters. The molecule has 0 spiro atoms. The molecule has 0 amide bonds. The zero-order chi connectivity index (χ0) is 9.80. The normalized spacial score (nSPS) is 18.4. The van der Waals surface area contributed by atoms with Gasteiger partial charge >= 0.3 is 0 Å². The Morgan fingerprint density at radius 1 is 1.29 bits per heavy atom. The highest BCUT2D eigenvalue weighted by Gasteiger charge is 2.08. The van der Waals surface area contributed by atoms with Crippen LogP contribution in [0.2, 0.25) is 5.02 Å². The maximum atomic E-state index is 5.81. The van der Waals surface area contributed by atoms with E-state index in [2.05, 4.69) is 28.1 Å². The molecule has 0 bridgehead atoms. The van der Waals surface area contributed by atoms with Gasteiger partial charge in [0.25, 0.3) is 0 Å². The molecule has 1 aromatic carbocycles. The van der Waals surface area contributed by atoms with Crippen LogP contribution in [0.3, 0.4) is 0 Å². The van der Waals surface area contributed by atoms with Crippen molar-refractivity contribution in [2.24, 2.45) is 0 Å². The number of hydrogen-bond acceptors (Lipinski definition) is 3. The Hall–Kier alpha value is -0.610. The summed E-state index contributed by atoms with van der Waals surface area (Å²) in [4.78, 5) is 0. The highest BCUT2D eigenvalue weighted by Crippen LogP contribution is 2.11. The molecule has 1 saturated heterocycles. The fourth-order valence-electron chi connectivity index (χ4n) is 1.51. The van der Waals surface area contributed by atoms with E-state index in [0.717, 1.165) is 24.7 Å². The summed E-state index contributed by atoms with van der Waals surface area (Å²) in [5.74, 6) is 0. The van der Waals surface area contributed by atoms with Gasteiger partial charge in [0.05, 0.1) is 0 Å². The van der Waals surface area contributed by atoms with Gasteiger partial charge in [-0.15, -0.1) is 0 Å². The minimum atomic E-state index is 0.790. The Kier molecular flexibility index (Phi) is 3.37. The van der Waals surface area contributed by atoms with Crippen LogP contribution >= 0.6 is 11.6 Å². The van der Waals surface area contributed by atoms with Gasteiger partial charge in [-0.2, -0.15) is 5.53 Å². The van der Waals surface area contributed by atoms with E-state index in [9.17, 15) is 0 Å². The molecule has 3 nitrogen and oxygen atoms in total. The van der Waals surface area contributed by atoms with Crippen molar-refractivity contribution in [2.75, 3.05) is 13.1 Å². The van der Waals surface area contributed by atoms with E-state index in [-0.39, 0.29) is 0 Å². The molecular weight excluding hydrogens is 198 g/mol. The maximum absolute atomic E-state index is 5.81. The first-order valence-corrected chi connectivity index (χ1v) is 5.20. The molecule has 76 valence electrons. The lowest BCUT2D eigenvalue weighted by Crippen LogP contribution is -2.52. The summed E-state index contributed by atoms with van der Waals surface area (Å²) >= 11 is 5.81. The third-order valence-corrected chi connectivity index (χ3v) is 2.51. The number of nitrogens with one attached hydrogen (secondary N) is 2. The fourth-order valence-corrected chi connectivity index (χ4v) is 1.64. The Bertz CT molecular complexity index is 280. The van der Waals surface area contributed by atoms with Crippen LogP contribution in [0.4, 0.5) is 0 Å². The number of hydrazine groups is 2. The van der Waals surface area contributed by atoms with Gasteiger partial charge < -0.3 is 0 Å². The molecular formula is C10H14ClN3. The van der Waals surface area contributed by atoms with Gasteiger partial charge in [0.15, 0.2) is 0 Å². The van der Waals surface area contributed by atoms with Crippen molar-refractivity contribution in [1.29, 1.82) is 0 Å². The first kappa shape index (κ1) is 9.93. The van der Waals surface area contributed by atoms with E-state index in [1.807, 2.05) is 12.1 Å². The summed E-state index contributed by atoms with van der Waals surface area (Å²) in [6.07, 6.45) is 1.18. The van der Waals surface area contributed by atoms with Crippen LogP contribution in [0.5, 0.6) is 0 Å². The number of halogens is 1. The summed E-state index contributed by atoms with van der Waals surface area (Å²) in [7, 11) is 0. The van der Waals surface area contributed by atoms with E-state index in [0.29, 0.717) is 0 Å². The Morgan fingerprint density at radius 2 is 2.07 bits per heavy atom. The summed E-state index contributed by atoms with van der Waals surface area (Å²) in [5, 5.41) is 2.95. The fraction of sp³-hybridized carbons (Fsp3) is 0.400. The van der Waals surface area contributed by atoms with Gasteiger partial charge in [-0.05, 0) is 24.1 Å². The van der Waals surface area contributed by atoms with Crippen LogP contribution in [0.15, 0.2) is 24.3 Å². The third kappa shape index (κ3) is 2.69. The van der Waals surface area contributed by atoms with Gasteiger partial charge in [0, 0.05) is 24.7 Å². The van der Waals surface area contributed by atoms with E-state index >= 15 is 0 Å². The van der Waals surface area contributed by atoms with Crippen molar-refractivity contribution < 1.29 is 0 Å². The van der Waals surface area contributed by atoms with Crippen LogP contribution in [-0.2, 0) is 6.54 Å². The predicted molar refractivity (Wildman–Crippen MR) is 57.6 cm³/mol. The molecule has 1 aliphatic rings. The van der Waals surface area contributed by atoms with Gasteiger partial charge in [0.2, 0.25) is 0 Å². The molecule has 1 aliphatic heterocycles. The van der Waals surface area contributed by atoms with Crippen LogP contribution in [0.25, 0.3) is 0 Å². The summed E-state index contributed by atoms with van der Waals surface area (Å²) in [5.41, 5.74) is 7.52. The van der Waals surface area contributed by atoms with Crippen LogP contribution in [0, 0.1) is 0 Å². The van der Waals surface area contributed by atoms with Gasteiger partial charge in [0.1, 0.15) is 0 Å². The number of rotatable bonds is 2. The molecule has 1 aromatic rings. The van der Waals surface area contributed by atoms with E-state index in [1.54, 1.807) is 0 Å². The Labute approximate surface area is 89.0 Å². The monoisotopic (exact) mass is 211 g/mol. The van der Waals surface area contributed by atoms with E-state index in [4.69, 9.17) is 11.6 Å². The second-order valence-electron chi connectivity index (χ2n) is 3.44. The van der Waals surface area contributed by atoms with Gasteiger partial charge in [-0.3, -0.25) is 0 Å². The third-order valence-electron chi connectivity index (χ3n) is 2.25. The lowest BCUT2D eigenvalue weighted by atomic mass is 10.2. The first-order valence-electron chi connectivity index (χ1n) is 4.82. The quantitative estimate of drug-likeness (QED) is 0.778. The molecule has 0 radical (unpaired) electrons. The molecule has 0 saturated carbocycles. The minimum absolute atomic E-state index is 0.790.